The van der Waals surface area contributed by atoms with Crippen molar-refractivity contribution < 1.29 is 9.53 Å². The maximum absolute atomic E-state index is 8.00. The number of carbonyl (C=O) groups is 1. The highest BCUT2D eigenvalue weighted by molar-refractivity contribution is 5.85. The standard InChI is InChI=1S/C8H11NO.CH2O.ClH/c1-6-3-4-8(10-2)7(9)5-6;1-2;/h3-5H,9H2,1-2H3;1H2;1H. The molecule has 0 fully saturated rings. The summed E-state index contributed by atoms with van der Waals surface area (Å²) in [5.74, 6) is 0.741. The van der Waals surface area contributed by atoms with Crippen LogP contribution in [0.15, 0.2) is 18.2 Å². The second-order valence-corrected chi connectivity index (χ2v) is 2.25. The van der Waals surface area contributed by atoms with Crippen molar-refractivity contribution in [2.45, 2.75) is 6.92 Å². The molecule has 1 rings (SSSR count). The molecule has 0 aliphatic carbocycles. The van der Waals surface area contributed by atoms with Crippen LogP contribution in [0.5, 0.6) is 5.75 Å². The minimum atomic E-state index is 0. The number of hydrogen-bond acceptors (Lipinski definition) is 3. The Morgan fingerprint density at radius 3 is 2.31 bits per heavy atom. The Labute approximate surface area is 84.3 Å². The molecule has 1 aromatic rings. The zero-order valence-corrected chi connectivity index (χ0v) is 8.56. The second-order valence-electron chi connectivity index (χ2n) is 2.25. The summed E-state index contributed by atoms with van der Waals surface area (Å²) in [6.45, 7) is 4.00. The Morgan fingerprint density at radius 1 is 1.38 bits per heavy atom. The third kappa shape index (κ3) is 4.38. The number of rotatable bonds is 1. The fourth-order valence-electron chi connectivity index (χ4n) is 0.854. The predicted octanol–water partition coefficient (Wildman–Crippen LogP) is 1.82. The second kappa shape index (κ2) is 7.43. The van der Waals surface area contributed by atoms with Crippen LogP contribution in [-0.4, -0.2) is 13.9 Å². The summed E-state index contributed by atoms with van der Waals surface area (Å²) < 4.78 is 4.97. The van der Waals surface area contributed by atoms with Crippen LogP contribution in [0.1, 0.15) is 5.56 Å². The smallest absolute Gasteiger partial charge is 0.141 e. The molecule has 0 aliphatic heterocycles. The SMILES string of the molecule is C=O.COc1ccc(C)cc1N.Cl. The molecule has 0 amide bonds. The van der Waals surface area contributed by atoms with Gasteiger partial charge in [-0.25, -0.2) is 0 Å². The number of nitrogen functional groups attached to an aromatic ring is 1. The molecule has 0 saturated heterocycles. The number of halogens is 1. The van der Waals surface area contributed by atoms with Crippen molar-refractivity contribution in [3.8, 4) is 5.75 Å². The molecule has 74 valence electrons. The lowest BCUT2D eigenvalue weighted by molar-refractivity contribution is -0.0979. The number of methoxy groups -OCH3 is 1. The summed E-state index contributed by atoms with van der Waals surface area (Å²) in [5, 5.41) is 0. The number of ether oxygens (including phenoxy) is 1. The molecule has 3 nitrogen and oxygen atoms in total. The highest BCUT2D eigenvalue weighted by Gasteiger charge is 1.95. The summed E-state index contributed by atoms with van der Waals surface area (Å²) in [4.78, 5) is 8.00. The maximum Gasteiger partial charge on any atom is 0.141 e. The van der Waals surface area contributed by atoms with E-state index in [0.29, 0.717) is 5.69 Å². The zero-order chi connectivity index (χ0) is 9.56. The molecule has 0 aliphatic rings. The minimum absolute atomic E-state index is 0. The summed E-state index contributed by atoms with van der Waals surface area (Å²) >= 11 is 0. The average molecular weight is 204 g/mol. The van der Waals surface area contributed by atoms with Crippen molar-refractivity contribution in [2.75, 3.05) is 12.8 Å². The fourth-order valence-corrected chi connectivity index (χ4v) is 0.854. The van der Waals surface area contributed by atoms with Crippen LogP contribution in [0.25, 0.3) is 0 Å². The molecular weight excluding hydrogens is 190 g/mol. The van der Waals surface area contributed by atoms with E-state index in [4.69, 9.17) is 15.3 Å². The van der Waals surface area contributed by atoms with Crippen LogP contribution >= 0.6 is 12.4 Å². The lowest BCUT2D eigenvalue weighted by Gasteiger charge is -2.03. The number of anilines is 1. The van der Waals surface area contributed by atoms with E-state index in [2.05, 4.69) is 0 Å². The van der Waals surface area contributed by atoms with E-state index in [1.165, 1.54) is 0 Å². The molecule has 0 bridgehead atoms. The fraction of sp³-hybridized carbons (Fsp3) is 0.222. The number of carbonyl (C=O) groups excluding carboxylic acids is 1. The van der Waals surface area contributed by atoms with E-state index in [9.17, 15) is 0 Å². The summed E-state index contributed by atoms with van der Waals surface area (Å²) in [7, 11) is 1.61. The van der Waals surface area contributed by atoms with Gasteiger partial charge in [0.1, 0.15) is 12.5 Å². The van der Waals surface area contributed by atoms with Crippen molar-refractivity contribution in [1.82, 2.24) is 0 Å². The summed E-state index contributed by atoms with van der Waals surface area (Å²) in [6, 6.07) is 5.72. The van der Waals surface area contributed by atoms with Crippen molar-refractivity contribution in [3.05, 3.63) is 23.8 Å². The van der Waals surface area contributed by atoms with Crippen molar-refractivity contribution in [3.63, 3.8) is 0 Å². The Hall–Kier alpha value is -1.22. The van der Waals surface area contributed by atoms with E-state index < -0.39 is 0 Å². The van der Waals surface area contributed by atoms with Gasteiger partial charge in [0.15, 0.2) is 0 Å². The quantitative estimate of drug-likeness (QED) is 0.709. The third-order valence-corrected chi connectivity index (χ3v) is 1.39. The van der Waals surface area contributed by atoms with E-state index in [1.54, 1.807) is 7.11 Å². The molecule has 4 heteroatoms. The molecular formula is C9H14ClNO2. The molecule has 0 radical (unpaired) electrons. The topological polar surface area (TPSA) is 52.3 Å². The van der Waals surface area contributed by atoms with Gasteiger partial charge in [-0.3, -0.25) is 0 Å². The van der Waals surface area contributed by atoms with Crippen LogP contribution in [-0.2, 0) is 4.79 Å². The summed E-state index contributed by atoms with van der Waals surface area (Å²) in [6.07, 6.45) is 0. The normalized spacial score (nSPS) is 7.54. The number of hydrogen-bond donors (Lipinski definition) is 1. The molecule has 0 saturated carbocycles. The van der Waals surface area contributed by atoms with Gasteiger partial charge >= 0.3 is 0 Å². The van der Waals surface area contributed by atoms with Gasteiger partial charge in [0.25, 0.3) is 0 Å². The lowest BCUT2D eigenvalue weighted by atomic mass is 10.2. The van der Waals surface area contributed by atoms with Crippen LogP contribution in [0.2, 0.25) is 0 Å². The van der Waals surface area contributed by atoms with Gasteiger partial charge in [-0.05, 0) is 24.6 Å². The number of nitrogens with two attached hydrogens (primary N) is 1. The first-order valence-electron chi connectivity index (χ1n) is 3.43. The van der Waals surface area contributed by atoms with Gasteiger partial charge in [0, 0.05) is 0 Å². The Bertz CT molecular complexity index is 253. The Kier molecular flexibility index (Phi) is 8.18. The van der Waals surface area contributed by atoms with Crippen molar-refractivity contribution in [2.24, 2.45) is 0 Å². The Morgan fingerprint density at radius 2 is 1.92 bits per heavy atom. The molecule has 0 unspecified atom stereocenters. The number of benzene rings is 1. The predicted molar refractivity (Wildman–Crippen MR) is 56.5 cm³/mol. The molecule has 2 N–H and O–H groups in total. The van der Waals surface area contributed by atoms with E-state index in [-0.39, 0.29) is 12.4 Å². The Balaban J connectivity index is 0. The third-order valence-electron chi connectivity index (χ3n) is 1.39. The van der Waals surface area contributed by atoms with Gasteiger partial charge in [-0.15, -0.1) is 12.4 Å². The molecule has 0 heterocycles. The first-order chi connectivity index (χ1) is 5.74. The highest BCUT2D eigenvalue weighted by atomic mass is 35.5. The zero-order valence-electron chi connectivity index (χ0n) is 7.74. The minimum Gasteiger partial charge on any atom is -0.495 e. The van der Waals surface area contributed by atoms with Crippen LogP contribution in [0, 0.1) is 6.92 Å². The van der Waals surface area contributed by atoms with Gasteiger partial charge in [-0.2, -0.15) is 0 Å². The van der Waals surface area contributed by atoms with E-state index in [0.717, 1.165) is 11.3 Å². The van der Waals surface area contributed by atoms with E-state index >= 15 is 0 Å². The average Bonchev–Trinajstić information content (AvgIpc) is 2.08. The highest BCUT2D eigenvalue weighted by Crippen LogP contribution is 2.20. The van der Waals surface area contributed by atoms with Gasteiger partial charge in [0.05, 0.1) is 12.8 Å². The molecule has 0 spiro atoms. The van der Waals surface area contributed by atoms with Gasteiger partial charge < -0.3 is 15.3 Å². The molecule has 13 heavy (non-hydrogen) atoms. The summed E-state index contributed by atoms with van der Waals surface area (Å²) in [5.41, 5.74) is 7.45. The van der Waals surface area contributed by atoms with Crippen molar-refractivity contribution >= 4 is 24.9 Å². The lowest BCUT2D eigenvalue weighted by Crippen LogP contribution is -1.91. The molecule has 0 aromatic heterocycles. The first-order valence-corrected chi connectivity index (χ1v) is 3.43. The molecule has 0 atom stereocenters. The maximum atomic E-state index is 8.00. The van der Waals surface area contributed by atoms with Crippen LogP contribution < -0.4 is 10.5 Å². The van der Waals surface area contributed by atoms with Crippen LogP contribution in [0.4, 0.5) is 5.69 Å². The molecule has 1 aromatic carbocycles. The van der Waals surface area contributed by atoms with Crippen LogP contribution in [0.3, 0.4) is 0 Å². The monoisotopic (exact) mass is 203 g/mol. The number of aryl methyl sites for hydroxylation is 1. The van der Waals surface area contributed by atoms with Crippen molar-refractivity contribution in [1.29, 1.82) is 0 Å². The van der Waals surface area contributed by atoms with E-state index in [1.807, 2.05) is 31.9 Å². The van der Waals surface area contributed by atoms with Gasteiger partial charge in [0.2, 0.25) is 0 Å². The first kappa shape index (κ1) is 14.3. The largest absolute Gasteiger partial charge is 0.495 e. The van der Waals surface area contributed by atoms with Gasteiger partial charge in [-0.1, -0.05) is 6.07 Å².